The number of rotatable bonds is 5. The molecule has 0 fully saturated rings. The van der Waals surface area contributed by atoms with Gasteiger partial charge in [0, 0.05) is 12.4 Å². The molecule has 1 heterocycles. The second-order valence-corrected chi connectivity index (χ2v) is 3.47. The Kier molecular flexibility index (Phi) is 4.16. The fourth-order valence-corrected chi connectivity index (χ4v) is 1.08. The van der Waals surface area contributed by atoms with Crippen LogP contribution in [0.1, 0.15) is 5.69 Å². The number of nitrogens with two attached hydrogens (primary N) is 1. The molecule has 1 aromatic rings. The molecule has 4 nitrogen and oxygen atoms in total. The summed E-state index contributed by atoms with van der Waals surface area (Å²) in [6, 6.07) is 0. The topological polar surface area (TPSA) is 63.8 Å². The van der Waals surface area contributed by atoms with E-state index in [2.05, 4.69) is 22.2 Å². The highest BCUT2D eigenvalue weighted by Crippen LogP contribution is 2.23. The molecular weight excluding hydrogens is 260 g/mol. The number of nitrogens with zero attached hydrogens (tertiary/aromatic N) is 2. The van der Waals surface area contributed by atoms with Gasteiger partial charge in [-0.3, -0.25) is 0 Å². The van der Waals surface area contributed by atoms with Gasteiger partial charge in [-0.25, -0.2) is 18.7 Å². The van der Waals surface area contributed by atoms with Crippen molar-refractivity contribution in [3.8, 4) is 0 Å². The summed E-state index contributed by atoms with van der Waals surface area (Å²) >= 11 is 4.61. The van der Waals surface area contributed by atoms with E-state index in [-0.39, 0.29) is 16.5 Å². The lowest BCUT2D eigenvalue weighted by atomic mass is 10.3. The molecule has 9 heteroatoms. The van der Waals surface area contributed by atoms with Crippen molar-refractivity contribution in [3.05, 3.63) is 18.1 Å². The number of nitrogens with one attached hydrogen (secondary N) is 1. The van der Waals surface area contributed by atoms with E-state index in [9.17, 15) is 17.6 Å². The maximum Gasteiger partial charge on any atom is 0.324 e. The highest BCUT2D eigenvalue weighted by Gasteiger charge is 2.40. The van der Waals surface area contributed by atoms with Gasteiger partial charge in [0.1, 0.15) is 10.7 Å². The van der Waals surface area contributed by atoms with Gasteiger partial charge in [0.2, 0.25) is 0 Å². The Bertz CT molecular complexity index is 412. The Balaban J connectivity index is 2.79. The van der Waals surface area contributed by atoms with E-state index in [0.29, 0.717) is 0 Å². The normalized spacial score (nSPS) is 11.6. The third-order valence-corrected chi connectivity index (χ3v) is 1.94. The quantitative estimate of drug-likeness (QED) is 0.624. The minimum absolute atomic E-state index is 0.0208. The summed E-state index contributed by atoms with van der Waals surface area (Å²) in [5.74, 6) is -4.31. The van der Waals surface area contributed by atoms with Gasteiger partial charge in [0.05, 0.1) is 6.54 Å². The second kappa shape index (κ2) is 5.21. The van der Waals surface area contributed by atoms with Crippen LogP contribution in [0.2, 0.25) is 0 Å². The summed E-state index contributed by atoms with van der Waals surface area (Å²) in [4.78, 5) is 7.18. The fraction of sp³-hybridized carbons (Fsp3) is 0.375. The van der Waals surface area contributed by atoms with E-state index in [1.165, 1.54) is 12.4 Å². The minimum Gasteiger partial charge on any atom is -0.388 e. The molecule has 0 aromatic carbocycles. The smallest absolute Gasteiger partial charge is 0.324 e. The first-order valence-corrected chi connectivity index (χ1v) is 4.76. The number of alkyl halides is 4. The maximum absolute atomic E-state index is 12.6. The Labute approximate surface area is 99.2 Å². The predicted octanol–water partition coefficient (Wildman–Crippen LogP) is 1.42. The predicted molar refractivity (Wildman–Crippen MR) is 57.4 cm³/mol. The van der Waals surface area contributed by atoms with E-state index < -0.39 is 18.9 Å². The standard InChI is InChI=1S/C8H8F4N4S/c9-7(10)8(11,12)3-16-6-4(5(13)17)14-1-2-15-6/h1-2,7H,3H2,(H2,13,17)(H,15,16). The van der Waals surface area contributed by atoms with Crippen LogP contribution < -0.4 is 11.1 Å². The van der Waals surface area contributed by atoms with Crippen LogP contribution in [0.25, 0.3) is 0 Å². The van der Waals surface area contributed by atoms with Gasteiger partial charge in [-0.2, -0.15) is 8.78 Å². The zero-order valence-electron chi connectivity index (χ0n) is 8.33. The average molecular weight is 268 g/mol. The summed E-state index contributed by atoms with van der Waals surface area (Å²) in [7, 11) is 0. The van der Waals surface area contributed by atoms with Crippen molar-refractivity contribution >= 4 is 23.0 Å². The van der Waals surface area contributed by atoms with Crippen LogP contribution in [0.3, 0.4) is 0 Å². The first kappa shape index (κ1) is 13.6. The third kappa shape index (κ3) is 3.48. The zero-order chi connectivity index (χ0) is 13.1. The van der Waals surface area contributed by atoms with E-state index in [1.54, 1.807) is 0 Å². The SMILES string of the molecule is NC(=S)c1nccnc1NCC(F)(F)C(F)F. The zero-order valence-corrected chi connectivity index (χ0v) is 9.15. The number of thiocarbonyl (C=S) groups is 1. The van der Waals surface area contributed by atoms with Gasteiger partial charge >= 0.3 is 12.3 Å². The van der Waals surface area contributed by atoms with Crippen LogP contribution in [0.15, 0.2) is 12.4 Å². The van der Waals surface area contributed by atoms with E-state index in [0.717, 1.165) is 0 Å². The molecule has 0 saturated heterocycles. The Morgan fingerprint density at radius 3 is 2.53 bits per heavy atom. The van der Waals surface area contributed by atoms with Crippen LogP contribution in [-0.4, -0.2) is 33.8 Å². The Hall–Kier alpha value is -1.51. The van der Waals surface area contributed by atoms with Crippen molar-refractivity contribution in [2.75, 3.05) is 11.9 Å². The van der Waals surface area contributed by atoms with Gasteiger partial charge in [0.25, 0.3) is 0 Å². The summed E-state index contributed by atoms with van der Waals surface area (Å²) in [5, 5.41) is 2.05. The third-order valence-electron chi connectivity index (χ3n) is 1.74. The molecule has 0 aliphatic rings. The first-order chi connectivity index (χ1) is 7.84. The highest BCUT2D eigenvalue weighted by molar-refractivity contribution is 7.80. The number of hydrogen-bond donors (Lipinski definition) is 2. The monoisotopic (exact) mass is 268 g/mol. The average Bonchev–Trinajstić information content (AvgIpc) is 2.26. The summed E-state index contributed by atoms with van der Waals surface area (Å²) in [6.45, 7) is -1.28. The summed E-state index contributed by atoms with van der Waals surface area (Å²) in [6.07, 6.45) is -1.31. The van der Waals surface area contributed by atoms with Gasteiger partial charge in [-0.1, -0.05) is 12.2 Å². The lowest BCUT2D eigenvalue weighted by Gasteiger charge is -2.16. The molecule has 0 amide bonds. The lowest BCUT2D eigenvalue weighted by Crippen LogP contribution is -2.35. The molecule has 0 radical (unpaired) electrons. The van der Waals surface area contributed by atoms with Crippen molar-refractivity contribution in [2.45, 2.75) is 12.3 Å². The second-order valence-electron chi connectivity index (χ2n) is 3.03. The Morgan fingerprint density at radius 2 is 2.00 bits per heavy atom. The largest absolute Gasteiger partial charge is 0.388 e. The van der Waals surface area contributed by atoms with Gasteiger partial charge < -0.3 is 11.1 Å². The van der Waals surface area contributed by atoms with E-state index >= 15 is 0 Å². The molecule has 1 aromatic heterocycles. The molecule has 0 saturated carbocycles. The molecular formula is C8H8F4N4S. The molecule has 3 N–H and O–H groups in total. The maximum atomic E-state index is 12.6. The number of halogens is 4. The van der Waals surface area contributed by atoms with E-state index in [1.807, 2.05) is 5.32 Å². The van der Waals surface area contributed by atoms with Crippen LogP contribution in [0.4, 0.5) is 23.4 Å². The van der Waals surface area contributed by atoms with E-state index in [4.69, 9.17) is 5.73 Å². The van der Waals surface area contributed by atoms with Gasteiger partial charge in [-0.15, -0.1) is 0 Å². The number of anilines is 1. The van der Waals surface area contributed by atoms with Gasteiger partial charge in [0.15, 0.2) is 5.82 Å². The molecule has 0 unspecified atom stereocenters. The summed E-state index contributed by atoms with van der Waals surface area (Å²) in [5.41, 5.74) is 5.25. The number of aromatic nitrogens is 2. The molecule has 0 atom stereocenters. The van der Waals surface area contributed by atoms with Crippen molar-refractivity contribution < 1.29 is 17.6 Å². The lowest BCUT2D eigenvalue weighted by molar-refractivity contribution is -0.117. The van der Waals surface area contributed by atoms with Crippen LogP contribution in [0.5, 0.6) is 0 Å². The molecule has 0 aliphatic heterocycles. The van der Waals surface area contributed by atoms with Crippen molar-refractivity contribution in [3.63, 3.8) is 0 Å². The van der Waals surface area contributed by atoms with Crippen molar-refractivity contribution in [2.24, 2.45) is 5.73 Å². The van der Waals surface area contributed by atoms with Gasteiger partial charge in [-0.05, 0) is 0 Å². The van der Waals surface area contributed by atoms with Crippen LogP contribution >= 0.6 is 12.2 Å². The van der Waals surface area contributed by atoms with Crippen molar-refractivity contribution in [1.29, 1.82) is 0 Å². The molecule has 0 bridgehead atoms. The molecule has 0 aliphatic carbocycles. The van der Waals surface area contributed by atoms with Crippen molar-refractivity contribution in [1.82, 2.24) is 9.97 Å². The highest BCUT2D eigenvalue weighted by atomic mass is 32.1. The first-order valence-electron chi connectivity index (χ1n) is 4.35. The molecule has 0 spiro atoms. The molecule has 94 valence electrons. The Morgan fingerprint density at radius 1 is 1.41 bits per heavy atom. The number of hydrogen-bond acceptors (Lipinski definition) is 4. The minimum atomic E-state index is -4.16. The summed E-state index contributed by atoms with van der Waals surface area (Å²) < 4.78 is 49.1. The van der Waals surface area contributed by atoms with Crippen LogP contribution in [0, 0.1) is 0 Å². The molecule has 17 heavy (non-hydrogen) atoms. The molecule has 1 rings (SSSR count). The fourth-order valence-electron chi connectivity index (χ4n) is 0.926. The van der Waals surface area contributed by atoms with Crippen LogP contribution in [-0.2, 0) is 0 Å².